The zero-order valence-electron chi connectivity index (χ0n) is 9.45. The lowest BCUT2D eigenvalue weighted by Crippen LogP contribution is -2.46. The van der Waals surface area contributed by atoms with E-state index in [-0.39, 0.29) is 11.9 Å². The monoisotopic (exact) mass is 211 g/mol. The van der Waals surface area contributed by atoms with E-state index >= 15 is 0 Å². The van der Waals surface area contributed by atoms with Crippen LogP contribution in [-0.4, -0.2) is 28.5 Å². The third kappa shape index (κ3) is 1.85. The van der Waals surface area contributed by atoms with E-state index in [9.17, 15) is 9.59 Å². The summed E-state index contributed by atoms with van der Waals surface area (Å²) in [5.74, 6) is 0.321. The fraction of sp³-hybridized carbons (Fsp3) is 0.818. The Balaban J connectivity index is 2.04. The summed E-state index contributed by atoms with van der Waals surface area (Å²) >= 11 is 0. The average molecular weight is 211 g/mol. The molecule has 1 aliphatic carbocycles. The van der Waals surface area contributed by atoms with Crippen molar-refractivity contribution in [1.29, 1.82) is 0 Å². The van der Waals surface area contributed by atoms with Crippen LogP contribution in [-0.2, 0) is 9.53 Å². The third-order valence-electron chi connectivity index (χ3n) is 3.00. The highest BCUT2D eigenvalue weighted by Crippen LogP contribution is 2.41. The predicted octanol–water partition coefficient (Wildman–Crippen LogP) is 1.93. The molecule has 0 spiro atoms. The number of likely N-dealkylation sites (tertiary alicyclic amines) is 1. The molecular formula is C11H17NO3. The molecule has 2 aliphatic rings. The summed E-state index contributed by atoms with van der Waals surface area (Å²) in [6.07, 6.45) is 2.05. The first-order chi connectivity index (χ1) is 6.88. The van der Waals surface area contributed by atoms with Crippen molar-refractivity contribution in [1.82, 2.24) is 4.90 Å². The number of imide groups is 1. The average Bonchev–Trinajstić information content (AvgIpc) is 2.23. The van der Waals surface area contributed by atoms with Crippen LogP contribution in [0.1, 0.15) is 40.0 Å². The van der Waals surface area contributed by atoms with Crippen molar-refractivity contribution < 1.29 is 14.3 Å². The fourth-order valence-electron chi connectivity index (χ4n) is 2.19. The van der Waals surface area contributed by atoms with Gasteiger partial charge >= 0.3 is 6.09 Å². The lowest BCUT2D eigenvalue weighted by atomic mass is 9.80. The SMILES string of the molecule is CC(C)(C)OC(=O)N1C(=O)C[C@@H]2CC[C@@H]21. The maximum absolute atomic E-state index is 11.7. The van der Waals surface area contributed by atoms with Crippen molar-refractivity contribution >= 4 is 12.0 Å². The molecule has 0 aromatic carbocycles. The Kier molecular flexibility index (Phi) is 2.24. The zero-order chi connectivity index (χ0) is 11.2. The number of amides is 2. The summed E-state index contributed by atoms with van der Waals surface area (Å²) in [7, 11) is 0. The summed E-state index contributed by atoms with van der Waals surface area (Å²) in [6, 6.07) is 0.118. The minimum atomic E-state index is -0.529. The second kappa shape index (κ2) is 3.22. The minimum absolute atomic E-state index is 0.0725. The summed E-state index contributed by atoms with van der Waals surface area (Å²) in [5, 5.41) is 0. The highest BCUT2D eigenvalue weighted by Gasteiger charge is 2.49. The van der Waals surface area contributed by atoms with E-state index in [0.717, 1.165) is 12.8 Å². The maximum atomic E-state index is 11.7. The minimum Gasteiger partial charge on any atom is -0.443 e. The maximum Gasteiger partial charge on any atom is 0.417 e. The van der Waals surface area contributed by atoms with Crippen LogP contribution in [0, 0.1) is 5.92 Å². The molecule has 2 fully saturated rings. The van der Waals surface area contributed by atoms with E-state index in [0.29, 0.717) is 12.3 Å². The van der Waals surface area contributed by atoms with Crippen LogP contribution < -0.4 is 0 Å². The molecule has 0 bridgehead atoms. The van der Waals surface area contributed by atoms with Crippen LogP contribution in [0.4, 0.5) is 4.79 Å². The fourth-order valence-corrected chi connectivity index (χ4v) is 2.19. The van der Waals surface area contributed by atoms with E-state index < -0.39 is 11.7 Å². The van der Waals surface area contributed by atoms with Gasteiger partial charge < -0.3 is 4.74 Å². The number of hydrogen-bond acceptors (Lipinski definition) is 3. The Bertz CT molecular complexity index is 305. The first-order valence-electron chi connectivity index (χ1n) is 5.43. The van der Waals surface area contributed by atoms with Gasteiger partial charge in [-0.2, -0.15) is 0 Å². The van der Waals surface area contributed by atoms with Crippen LogP contribution >= 0.6 is 0 Å². The molecule has 1 aliphatic heterocycles. The second-order valence-corrected chi connectivity index (χ2v) is 5.35. The zero-order valence-corrected chi connectivity index (χ0v) is 9.45. The lowest BCUT2D eigenvalue weighted by molar-refractivity contribution is -0.128. The molecule has 4 heteroatoms. The number of fused-ring (bicyclic) bond motifs is 1. The largest absolute Gasteiger partial charge is 0.443 e. The molecule has 4 nitrogen and oxygen atoms in total. The molecule has 2 rings (SSSR count). The molecule has 0 unspecified atom stereocenters. The summed E-state index contributed by atoms with van der Waals surface area (Å²) in [5.41, 5.74) is -0.529. The van der Waals surface area contributed by atoms with Gasteiger partial charge in [-0.15, -0.1) is 0 Å². The Labute approximate surface area is 89.6 Å². The molecule has 0 aromatic heterocycles. The quantitative estimate of drug-likeness (QED) is 0.615. The van der Waals surface area contributed by atoms with E-state index in [1.54, 1.807) is 0 Å². The highest BCUT2D eigenvalue weighted by molar-refractivity contribution is 5.94. The van der Waals surface area contributed by atoms with Crippen LogP contribution in [0.3, 0.4) is 0 Å². The molecule has 2 amide bonds. The molecule has 0 aromatic rings. The molecule has 1 saturated heterocycles. The van der Waals surface area contributed by atoms with Gasteiger partial charge in [0, 0.05) is 12.5 Å². The van der Waals surface area contributed by atoms with Crippen molar-refractivity contribution in [2.24, 2.45) is 5.92 Å². The smallest absolute Gasteiger partial charge is 0.417 e. The van der Waals surface area contributed by atoms with Gasteiger partial charge in [0.05, 0.1) is 0 Å². The van der Waals surface area contributed by atoms with Crippen molar-refractivity contribution in [2.45, 2.75) is 51.7 Å². The van der Waals surface area contributed by atoms with E-state index in [4.69, 9.17) is 4.74 Å². The van der Waals surface area contributed by atoms with Gasteiger partial charge in [0.25, 0.3) is 0 Å². The standard InChI is InChI=1S/C11H17NO3/c1-11(2,3)15-10(14)12-8-5-4-7(8)6-9(12)13/h7-8H,4-6H2,1-3H3/t7-,8-/m0/s1. The van der Waals surface area contributed by atoms with Gasteiger partial charge in [-0.3, -0.25) is 4.79 Å². The Hall–Kier alpha value is -1.06. The van der Waals surface area contributed by atoms with Crippen molar-refractivity contribution in [2.75, 3.05) is 0 Å². The van der Waals surface area contributed by atoms with E-state index in [2.05, 4.69) is 0 Å². The Morgan fingerprint density at radius 3 is 2.47 bits per heavy atom. The van der Waals surface area contributed by atoms with Crippen molar-refractivity contribution in [3.05, 3.63) is 0 Å². The molecule has 1 heterocycles. The van der Waals surface area contributed by atoms with Crippen molar-refractivity contribution in [3.8, 4) is 0 Å². The third-order valence-corrected chi connectivity index (χ3v) is 3.00. The normalized spacial score (nSPS) is 29.8. The van der Waals surface area contributed by atoms with Gasteiger partial charge in [-0.25, -0.2) is 9.69 Å². The molecular weight excluding hydrogens is 194 g/mol. The van der Waals surface area contributed by atoms with E-state index in [1.807, 2.05) is 20.8 Å². The number of carbonyl (C=O) groups excluding carboxylic acids is 2. The van der Waals surface area contributed by atoms with Crippen LogP contribution in [0.5, 0.6) is 0 Å². The molecule has 84 valence electrons. The van der Waals surface area contributed by atoms with Gasteiger partial charge in [0.15, 0.2) is 0 Å². The first kappa shape index (κ1) is 10.5. The van der Waals surface area contributed by atoms with Crippen molar-refractivity contribution in [3.63, 3.8) is 0 Å². The molecule has 2 atom stereocenters. The van der Waals surface area contributed by atoms with Gasteiger partial charge in [0.2, 0.25) is 5.91 Å². The predicted molar refractivity (Wildman–Crippen MR) is 54.2 cm³/mol. The molecule has 0 N–H and O–H groups in total. The summed E-state index contributed by atoms with van der Waals surface area (Å²) in [6.45, 7) is 5.43. The number of nitrogens with zero attached hydrogens (tertiary/aromatic N) is 1. The first-order valence-corrected chi connectivity index (χ1v) is 5.43. The van der Waals surface area contributed by atoms with Crippen LogP contribution in [0.2, 0.25) is 0 Å². The highest BCUT2D eigenvalue weighted by atomic mass is 16.6. The Morgan fingerprint density at radius 2 is 2.07 bits per heavy atom. The van der Waals surface area contributed by atoms with Gasteiger partial charge in [-0.05, 0) is 39.5 Å². The summed E-state index contributed by atoms with van der Waals surface area (Å²) in [4.78, 5) is 24.7. The number of carbonyl (C=O) groups is 2. The molecule has 1 saturated carbocycles. The second-order valence-electron chi connectivity index (χ2n) is 5.35. The van der Waals surface area contributed by atoms with Crippen LogP contribution in [0.25, 0.3) is 0 Å². The Morgan fingerprint density at radius 1 is 1.40 bits per heavy atom. The molecule has 15 heavy (non-hydrogen) atoms. The number of rotatable bonds is 0. The molecule has 0 radical (unpaired) electrons. The topological polar surface area (TPSA) is 46.6 Å². The van der Waals surface area contributed by atoms with Gasteiger partial charge in [0.1, 0.15) is 5.60 Å². The van der Waals surface area contributed by atoms with E-state index in [1.165, 1.54) is 4.90 Å². The van der Waals surface area contributed by atoms with Crippen LogP contribution in [0.15, 0.2) is 0 Å². The van der Waals surface area contributed by atoms with Gasteiger partial charge in [-0.1, -0.05) is 0 Å². The summed E-state index contributed by atoms with van der Waals surface area (Å²) < 4.78 is 5.21. The lowest BCUT2D eigenvalue weighted by Gasteiger charge is -2.35. The number of ether oxygens (including phenoxy) is 1. The number of hydrogen-bond donors (Lipinski definition) is 0.